The monoisotopic (exact) mass is 275 g/mol. The molecule has 4 nitrogen and oxygen atoms in total. The van der Waals surface area contributed by atoms with Crippen molar-refractivity contribution in [1.29, 1.82) is 0 Å². The molecule has 2 aromatic rings. The number of aromatic nitrogens is 2. The summed E-state index contributed by atoms with van der Waals surface area (Å²) in [5.41, 5.74) is 3.72. The number of hydrogen-bond acceptors (Lipinski definition) is 2. The molecule has 0 aliphatic rings. The van der Waals surface area contributed by atoms with E-state index in [1.807, 2.05) is 25.6 Å². The molecule has 1 aromatic heterocycles. The molecule has 1 heterocycles. The zero-order valence-corrected chi connectivity index (χ0v) is 11.9. The Morgan fingerprint density at radius 1 is 1.30 bits per heavy atom. The predicted molar refractivity (Wildman–Crippen MR) is 75.1 cm³/mol. The first-order valence-electron chi connectivity index (χ1n) is 6.52. The molecular weight excluding hydrogens is 257 g/mol. The van der Waals surface area contributed by atoms with E-state index in [2.05, 4.69) is 10.4 Å². The second-order valence-corrected chi connectivity index (χ2v) is 4.79. The van der Waals surface area contributed by atoms with Gasteiger partial charge in [-0.3, -0.25) is 9.48 Å². The van der Waals surface area contributed by atoms with Crippen LogP contribution in [0.1, 0.15) is 27.3 Å². The molecule has 0 saturated heterocycles. The van der Waals surface area contributed by atoms with E-state index in [0.717, 1.165) is 23.4 Å². The number of carbonyl (C=O) groups is 1. The lowest BCUT2D eigenvalue weighted by atomic mass is 10.1. The van der Waals surface area contributed by atoms with Crippen molar-refractivity contribution < 1.29 is 9.18 Å². The molecule has 2 rings (SSSR count). The third-order valence-corrected chi connectivity index (χ3v) is 3.43. The van der Waals surface area contributed by atoms with E-state index in [4.69, 9.17) is 0 Å². The number of halogens is 1. The van der Waals surface area contributed by atoms with Gasteiger partial charge in [0.1, 0.15) is 5.82 Å². The molecule has 20 heavy (non-hydrogen) atoms. The summed E-state index contributed by atoms with van der Waals surface area (Å²) in [5.74, 6) is -0.535. The molecule has 0 spiro atoms. The van der Waals surface area contributed by atoms with Gasteiger partial charge in [0.25, 0.3) is 5.91 Å². The fourth-order valence-electron chi connectivity index (χ4n) is 2.18. The quantitative estimate of drug-likeness (QED) is 0.929. The van der Waals surface area contributed by atoms with Gasteiger partial charge in [-0.05, 0) is 50.1 Å². The minimum absolute atomic E-state index is 0.191. The number of hydrogen-bond donors (Lipinski definition) is 1. The summed E-state index contributed by atoms with van der Waals surface area (Å²) in [6.45, 7) is 4.50. The number of nitrogens with zero attached hydrogens (tertiary/aromatic N) is 2. The normalized spacial score (nSPS) is 10.6. The Morgan fingerprint density at radius 3 is 2.50 bits per heavy atom. The maximum absolute atomic E-state index is 12.8. The summed E-state index contributed by atoms with van der Waals surface area (Å²) >= 11 is 0. The second-order valence-electron chi connectivity index (χ2n) is 4.79. The van der Waals surface area contributed by atoms with Gasteiger partial charge in [-0.2, -0.15) is 5.10 Å². The van der Waals surface area contributed by atoms with Crippen LogP contribution in [0.15, 0.2) is 24.3 Å². The summed E-state index contributed by atoms with van der Waals surface area (Å²) in [6, 6.07) is 5.52. The Balaban J connectivity index is 1.93. The first-order chi connectivity index (χ1) is 9.49. The van der Waals surface area contributed by atoms with E-state index in [1.165, 1.54) is 24.3 Å². The molecule has 1 aromatic carbocycles. The Hall–Kier alpha value is -2.17. The van der Waals surface area contributed by atoms with Crippen molar-refractivity contribution in [1.82, 2.24) is 15.1 Å². The highest BCUT2D eigenvalue weighted by molar-refractivity contribution is 5.94. The zero-order valence-electron chi connectivity index (χ0n) is 11.9. The maximum atomic E-state index is 12.8. The standard InChI is InChI=1S/C15H18FN3O/c1-10-14(11(2)19(3)18-10)8-9-17-15(20)12-4-6-13(16)7-5-12/h4-7H,8-9H2,1-3H3,(H,17,20). The Morgan fingerprint density at radius 2 is 1.95 bits per heavy atom. The van der Waals surface area contributed by atoms with Crippen LogP contribution in [0, 0.1) is 19.7 Å². The molecule has 0 unspecified atom stereocenters. The molecule has 0 radical (unpaired) electrons. The average molecular weight is 275 g/mol. The van der Waals surface area contributed by atoms with Crippen molar-refractivity contribution in [2.45, 2.75) is 20.3 Å². The van der Waals surface area contributed by atoms with E-state index >= 15 is 0 Å². The van der Waals surface area contributed by atoms with Gasteiger partial charge in [0.2, 0.25) is 0 Å². The van der Waals surface area contributed by atoms with Gasteiger partial charge in [0, 0.05) is 24.8 Å². The average Bonchev–Trinajstić information content (AvgIpc) is 2.65. The molecule has 0 fully saturated rings. The topological polar surface area (TPSA) is 46.9 Å². The number of benzene rings is 1. The summed E-state index contributed by atoms with van der Waals surface area (Å²) in [5, 5.41) is 7.17. The Kier molecular flexibility index (Phi) is 4.17. The second kappa shape index (κ2) is 5.86. The van der Waals surface area contributed by atoms with Crippen molar-refractivity contribution in [2.75, 3.05) is 6.54 Å². The number of rotatable bonds is 4. The molecular formula is C15H18FN3O. The number of amides is 1. The van der Waals surface area contributed by atoms with Crippen LogP contribution in [0.5, 0.6) is 0 Å². The highest BCUT2D eigenvalue weighted by atomic mass is 19.1. The fraction of sp³-hybridized carbons (Fsp3) is 0.333. The predicted octanol–water partition coefficient (Wildman–Crippen LogP) is 2.15. The van der Waals surface area contributed by atoms with Crippen LogP contribution in [-0.4, -0.2) is 22.2 Å². The summed E-state index contributed by atoms with van der Waals surface area (Å²) in [4.78, 5) is 11.9. The smallest absolute Gasteiger partial charge is 0.251 e. The molecule has 106 valence electrons. The first-order valence-corrected chi connectivity index (χ1v) is 6.52. The third-order valence-electron chi connectivity index (χ3n) is 3.43. The fourth-order valence-corrected chi connectivity index (χ4v) is 2.18. The number of nitrogens with one attached hydrogen (secondary N) is 1. The van der Waals surface area contributed by atoms with Crippen LogP contribution in [-0.2, 0) is 13.5 Å². The lowest BCUT2D eigenvalue weighted by molar-refractivity contribution is 0.0954. The minimum atomic E-state index is -0.344. The number of aryl methyl sites for hydroxylation is 2. The van der Waals surface area contributed by atoms with Gasteiger partial charge >= 0.3 is 0 Å². The van der Waals surface area contributed by atoms with E-state index in [9.17, 15) is 9.18 Å². The molecule has 1 amide bonds. The molecule has 0 aliphatic carbocycles. The summed E-state index contributed by atoms with van der Waals surface area (Å²) < 4.78 is 14.6. The van der Waals surface area contributed by atoms with Crippen LogP contribution in [0.3, 0.4) is 0 Å². The van der Waals surface area contributed by atoms with Crippen LogP contribution in [0.4, 0.5) is 4.39 Å². The Bertz CT molecular complexity index is 617. The van der Waals surface area contributed by atoms with Crippen LogP contribution < -0.4 is 5.32 Å². The molecule has 1 N–H and O–H groups in total. The van der Waals surface area contributed by atoms with Crippen molar-refractivity contribution >= 4 is 5.91 Å². The zero-order chi connectivity index (χ0) is 14.7. The third kappa shape index (κ3) is 3.04. The SMILES string of the molecule is Cc1nn(C)c(C)c1CCNC(=O)c1ccc(F)cc1. The molecule has 0 saturated carbocycles. The Labute approximate surface area is 117 Å². The lowest BCUT2D eigenvalue weighted by Gasteiger charge is -2.06. The molecule has 0 aliphatic heterocycles. The van der Waals surface area contributed by atoms with Crippen LogP contribution in [0.2, 0.25) is 0 Å². The van der Waals surface area contributed by atoms with Crippen molar-refractivity contribution in [2.24, 2.45) is 7.05 Å². The molecule has 5 heteroatoms. The first kappa shape index (κ1) is 14.2. The van der Waals surface area contributed by atoms with Crippen molar-refractivity contribution in [3.63, 3.8) is 0 Å². The van der Waals surface area contributed by atoms with Crippen molar-refractivity contribution in [3.05, 3.63) is 52.6 Å². The van der Waals surface area contributed by atoms with E-state index < -0.39 is 0 Å². The van der Waals surface area contributed by atoms with Gasteiger partial charge < -0.3 is 5.32 Å². The van der Waals surface area contributed by atoms with Crippen LogP contribution in [0.25, 0.3) is 0 Å². The molecule has 0 bridgehead atoms. The largest absolute Gasteiger partial charge is 0.352 e. The number of carbonyl (C=O) groups excluding carboxylic acids is 1. The molecule has 0 atom stereocenters. The summed E-state index contributed by atoms with van der Waals surface area (Å²) in [6.07, 6.45) is 0.735. The van der Waals surface area contributed by atoms with E-state index in [0.29, 0.717) is 12.1 Å². The van der Waals surface area contributed by atoms with Gasteiger partial charge in [0.15, 0.2) is 0 Å². The van der Waals surface area contributed by atoms with E-state index in [-0.39, 0.29) is 11.7 Å². The van der Waals surface area contributed by atoms with Gasteiger partial charge in [0.05, 0.1) is 5.69 Å². The summed E-state index contributed by atoms with van der Waals surface area (Å²) in [7, 11) is 1.91. The van der Waals surface area contributed by atoms with Gasteiger partial charge in [-0.1, -0.05) is 0 Å². The van der Waals surface area contributed by atoms with Crippen molar-refractivity contribution in [3.8, 4) is 0 Å². The minimum Gasteiger partial charge on any atom is -0.352 e. The maximum Gasteiger partial charge on any atom is 0.251 e. The van der Waals surface area contributed by atoms with Gasteiger partial charge in [-0.25, -0.2) is 4.39 Å². The highest BCUT2D eigenvalue weighted by Gasteiger charge is 2.10. The van der Waals surface area contributed by atoms with E-state index in [1.54, 1.807) is 0 Å². The van der Waals surface area contributed by atoms with Crippen LogP contribution >= 0.6 is 0 Å². The van der Waals surface area contributed by atoms with Gasteiger partial charge in [-0.15, -0.1) is 0 Å². The highest BCUT2D eigenvalue weighted by Crippen LogP contribution is 2.12. The lowest BCUT2D eigenvalue weighted by Crippen LogP contribution is -2.25.